The van der Waals surface area contributed by atoms with Gasteiger partial charge in [-0.2, -0.15) is 0 Å². The summed E-state index contributed by atoms with van der Waals surface area (Å²) in [5, 5.41) is 6.97. The second-order valence-corrected chi connectivity index (χ2v) is 13.2. The number of likely N-dealkylation sites (tertiary alicyclic amines) is 1. The van der Waals surface area contributed by atoms with E-state index in [1.807, 2.05) is 75.4 Å². The monoisotopic (exact) mass is 632 g/mol. The molecule has 1 unspecified atom stereocenters. The van der Waals surface area contributed by atoms with E-state index in [0.29, 0.717) is 37.4 Å². The number of ether oxygens (including phenoxy) is 3. The molecule has 2 heterocycles. The van der Waals surface area contributed by atoms with E-state index in [0.717, 1.165) is 34.9 Å². The maximum Gasteiger partial charge on any atom is 0.408 e. The van der Waals surface area contributed by atoms with Crippen molar-refractivity contribution in [3.05, 3.63) is 54.6 Å². The number of alkyl carbamates (subject to hydrolysis) is 1. The Kier molecular flexibility index (Phi) is 11.6. The Morgan fingerprint density at radius 2 is 1.85 bits per heavy atom. The number of hydrogen-bond donors (Lipinski definition) is 2. The zero-order valence-corrected chi connectivity index (χ0v) is 28.0. The standard InChI is InChI=1S/C36H48N4O6/c1-8-12-25(22-41)37-20-26-17-28(21-40(26)34(42)33(23(2)3)39-35(43)46-36(4,5)6)45-32-19-30(24-13-10-9-11-14-24)38-31-18-27(44-7)15-16-29(31)32/h9-11,13-16,18-19,22-23,25-26,28,33,37H,8,12,17,20-21H2,1-7H3,(H,39,43)/t25-,26-,28+,33?/m0/s1. The van der Waals surface area contributed by atoms with Gasteiger partial charge in [0.05, 0.1) is 30.9 Å². The second kappa shape index (κ2) is 15.4. The fourth-order valence-corrected chi connectivity index (χ4v) is 5.70. The third-order valence-electron chi connectivity index (χ3n) is 7.99. The van der Waals surface area contributed by atoms with Gasteiger partial charge in [0.25, 0.3) is 0 Å². The number of benzene rings is 2. The molecule has 248 valence electrons. The van der Waals surface area contributed by atoms with Crippen LogP contribution in [0.1, 0.15) is 60.8 Å². The van der Waals surface area contributed by atoms with Crippen molar-refractivity contribution in [3.8, 4) is 22.8 Å². The van der Waals surface area contributed by atoms with Crippen molar-refractivity contribution in [1.82, 2.24) is 20.5 Å². The fraction of sp³-hybridized carbons (Fsp3) is 0.500. The molecule has 0 spiro atoms. The van der Waals surface area contributed by atoms with E-state index < -0.39 is 17.7 Å². The highest BCUT2D eigenvalue weighted by atomic mass is 16.6. The Morgan fingerprint density at radius 3 is 2.48 bits per heavy atom. The predicted molar refractivity (Wildman–Crippen MR) is 179 cm³/mol. The van der Waals surface area contributed by atoms with E-state index >= 15 is 0 Å². The molecule has 2 amide bonds. The Morgan fingerprint density at radius 1 is 1.11 bits per heavy atom. The van der Waals surface area contributed by atoms with Crippen LogP contribution in [0, 0.1) is 5.92 Å². The number of methoxy groups -OCH3 is 1. The van der Waals surface area contributed by atoms with Gasteiger partial charge in [-0.3, -0.25) is 4.79 Å². The molecule has 10 nitrogen and oxygen atoms in total. The van der Waals surface area contributed by atoms with Gasteiger partial charge in [0.15, 0.2) is 0 Å². The predicted octanol–water partition coefficient (Wildman–Crippen LogP) is 5.77. The van der Waals surface area contributed by atoms with Gasteiger partial charge in [-0.1, -0.05) is 57.5 Å². The van der Waals surface area contributed by atoms with Crippen molar-refractivity contribution in [2.75, 3.05) is 20.2 Å². The molecule has 1 aromatic heterocycles. The number of aldehydes is 1. The average molecular weight is 633 g/mol. The molecule has 1 aliphatic heterocycles. The molecule has 2 aromatic carbocycles. The van der Waals surface area contributed by atoms with Crippen molar-refractivity contribution in [2.24, 2.45) is 5.92 Å². The van der Waals surface area contributed by atoms with Gasteiger partial charge in [-0.15, -0.1) is 0 Å². The molecule has 46 heavy (non-hydrogen) atoms. The number of nitrogens with zero attached hydrogens (tertiary/aromatic N) is 2. The van der Waals surface area contributed by atoms with Gasteiger partial charge >= 0.3 is 6.09 Å². The highest BCUT2D eigenvalue weighted by Gasteiger charge is 2.41. The van der Waals surface area contributed by atoms with Crippen molar-refractivity contribution in [2.45, 2.75) is 90.6 Å². The zero-order chi connectivity index (χ0) is 33.4. The van der Waals surface area contributed by atoms with Crippen LogP contribution in [0.3, 0.4) is 0 Å². The summed E-state index contributed by atoms with van der Waals surface area (Å²) in [6.45, 7) is 11.9. The zero-order valence-electron chi connectivity index (χ0n) is 28.0. The number of hydrogen-bond acceptors (Lipinski definition) is 8. The quantitative estimate of drug-likeness (QED) is 0.228. The second-order valence-electron chi connectivity index (χ2n) is 13.2. The summed E-state index contributed by atoms with van der Waals surface area (Å²) in [7, 11) is 1.62. The summed E-state index contributed by atoms with van der Waals surface area (Å²) in [4.78, 5) is 45.3. The lowest BCUT2D eigenvalue weighted by atomic mass is 10.0. The van der Waals surface area contributed by atoms with Crippen LogP contribution in [0.4, 0.5) is 4.79 Å². The summed E-state index contributed by atoms with van der Waals surface area (Å²) < 4.78 is 17.7. The number of carbonyl (C=O) groups excluding carboxylic acids is 3. The Balaban J connectivity index is 1.65. The molecule has 2 N–H and O–H groups in total. The number of nitrogens with one attached hydrogen (secondary N) is 2. The van der Waals surface area contributed by atoms with Gasteiger partial charge in [-0.25, -0.2) is 9.78 Å². The van der Waals surface area contributed by atoms with Gasteiger partial charge in [0.2, 0.25) is 5.91 Å². The lowest BCUT2D eigenvalue weighted by Gasteiger charge is -2.32. The molecule has 4 rings (SSSR count). The lowest BCUT2D eigenvalue weighted by Crippen LogP contribution is -2.55. The minimum atomic E-state index is -0.799. The number of fused-ring (bicyclic) bond motifs is 1. The van der Waals surface area contributed by atoms with Crippen LogP contribution in [-0.2, 0) is 14.3 Å². The Bertz CT molecular complexity index is 1490. The van der Waals surface area contributed by atoms with Crippen LogP contribution in [-0.4, -0.2) is 78.2 Å². The lowest BCUT2D eigenvalue weighted by molar-refractivity contribution is -0.135. The van der Waals surface area contributed by atoms with E-state index in [1.165, 1.54) is 0 Å². The van der Waals surface area contributed by atoms with E-state index in [1.54, 1.807) is 32.8 Å². The molecule has 3 aromatic rings. The van der Waals surface area contributed by atoms with Crippen molar-refractivity contribution >= 4 is 29.2 Å². The van der Waals surface area contributed by atoms with Crippen LogP contribution in [0.5, 0.6) is 11.5 Å². The van der Waals surface area contributed by atoms with E-state index in [2.05, 4.69) is 10.6 Å². The van der Waals surface area contributed by atoms with Gasteiger partial charge in [0, 0.05) is 42.1 Å². The maximum absolute atomic E-state index is 14.1. The topological polar surface area (TPSA) is 119 Å². The highest BCUT2D eigenvalue weighted by molar-refractivity contribution is 5.89. The van der Waals surface area contributed by atoms with Crippen LogP contribution < -0.4 is 20.1 Å². The molecule has 1 aliphatic rings. The fourth-order valence-electron chi connectivity index (χ4n) is 5.70. The van der Waals surface area contributed by atoms with E-state index in [9.17, 15) is 14.4 Å². The summed E-state index contributed by atoms with van der Waals surface area (Å²) >= 11 is 0. The minimum Gasteiger partial charge on any atom is -0.497 e. The number of pyridine rings is 1. The molecule has 0 saturated carbocycles. The summed E-state index contributed by atoms with van der Waals surface area (Å²) in [6.07, 6.45) is 2.03. The largest absolute Gasteiger partial charge is 0.497 e. The number of aromatic nitrogens is 1. The normalized spacial score (nSPS) is 17.9. The molecule has 0 aliphatic carbocycles. The number of carbonyl (C=O) groups is 3. The first-order valence-electron chi connectivity index (χ1n) is 16.1. The first kappa shape index (κ1) is 34.7. The Hall–Kier alpha value is -4.18. The van der Waals surface area contributed by atoms with E-state index in [4.69, 9.17) is 19.2 Å². The number of amides is 2. The SMILES string of the molecule is CCC[C@@H](C=O)NC[C@@H]1C[C@@H](Oc2cc(-c3ccccc3)nc3cc(OC)ccc23)CN1C(=O)C(NC(=O)OC(C)(C)C)C(C)C. The molecule has 4 atom stereocenters. The van der Waals surface area contributed by atoms with Crippen molar-refractivity contribution in [3.63, 3.8) is 0 Å². The highest BCUT2D eigenvalue weighted by Crippen LogP contribution is 2.34. The molecule has 0 bridgehead atoms. The summed E-state index contributed by atoms with van der Waals surface area (Å²) in [5.74, 6) is 0.936. The molecule has 1 fully saturated rings. The van der Waals surface area contributed by atoms with Crippen molar-refractivity contribution in [1.29, 1.82) is 0 Å². The maximum atomic E-state index is 14.1. The number of rotatable bonds is 13. The van der Waals surface area contributed by atoms with Crippen LogP contribution in [0.2, 0.25) is 0 Å². The van der Waals surface area contributed by atoms with Crippen LogP contribution in [0.25, 0.3) is 22.2 Å². The molecular formula is C36H48N4O6. The Labute approximate surface area is 272 Å². The van der Waals surface area contributed by atoms with E-state index in [-0.39, 0.29) is 30.0 Å². The first-order valence-corrected chi connectivity index (χ1v) is 16.1. The third-order valence-corrected chi connectivity index (χ3v) is 7.99. The average Bonchev–Trinajstić information content (AvgIpc) is 3.42. The van der Waals surface area contributed by atoms with Crippen molar-refractivity contribution < 1.29 is 28.6 Å². The molecule has 0 radical (unpaired) electrons. The van der Waals surface area contributed by atoms with Gasteiger partial charge in [-0.05, 0) is 45.2 Å². The summed E-state index contributed by atoms with van der Waals surface area (Å²) in [5.41, 5.74) is 1.74. The van der Waals surface area contributed by atoms with Gasteiger partial charge in [0.1, 0.15) is 35.5 Å². The summed E-state index contributed by atoms with van der Waals surface area (Å²) in [6, 6.07) is 16.1. The first-order chi connectivity index (χ1) is 21.9. The minimum absolute atomic E-state index is 0.191. The smallest absolute Gasteiger partial charge is 0.408 e. The van der Waals surface area contributed by atoms with Crippen LogP contribution >= 0.6 is 0 Å². The molecule has 10 heteroatoms. The molecular weight excluding hydrogens is 584 g/mol. The van der Waals surface area contributed by atoms with Crippen LogP contribution in [0.15, 0.2) is 54.6 Å². The van der Waals surface area contributed by atoms with Gasteiger partial charge < -0.3 is 34.5 Å². The molecule has 1 saturated heterocycles. The third kappa shape index (κ3) is 8.96.